The molecule has 0 saturated heterocycles. The third kappa shape index (κ3) is 3.01. The zero-order chi connectivity index (χ0) is 14.9. The highest BCUT2D eigenvalue weighted by atomic mass is 35.5. The van der Waals surface area contributed by atoms with E-state index < -0.39 is 15.0 Å². The van der Waals surface area contributed by atoms with Gasteiger partial charge in [-0.25, -0.2) is 4.99 Å². The number of benzene rings is 2. The van der Waals surface area contributed by atoms with Gasteiger partial charge in [-0.3, -0.25) is 4.55 Å². The van der Waals surface area contributed by atoms with E-state index in [2.05, 4.69) is 4.99 Å². The molecule has 6 nitrogen and oxygen atoms in total. The fourth-order valence-corrected chi connectivity index (χ4v) is 2.32. The minimum absolute atomic E-state index is 0.0638. The number of nitrogens with zero attached hydrogens (tertiary/aromatic N) is 1. The highest BCUT2D eigenvalue weighted by Crippen LogP contribution is 2.31. The van der Waals surface area contributed by atoms with Crippen molar-refractivity contribution in [3.05, 3.63) is 30.3 Å². The molecule has 2 rings (SSSR count). The summed E-state index contributed by atoms with van der Waals surface area (Å²) in [5.74, 6) is 0.0195. The lowest BCUT2D eigenvalue weighted by atomic mass is 10.1. The number of hydrogen-bond donors (Lipinski definition) is 3. The molecule has 106 valence electrons. The van der Waals surface area contributed by atoms with Crippen molar-refractivity contribution >= 4 is 44.0 Å². The average molecular weight is 315 g/mol. The molecule has 0 amide bonds. The van der Waals surface area contributed by atoms with Crippen LogP contribution in [0.1, 0.15) is 0 Å². The Bertz CT molecular complexity index is 802. The van der Waals surface area contributed by atoms with E-state index in [4.69, 9.17) is 21.9 Å². The number of aliphatic imine (C=N–C) groups is 1. The van der Waals surface area contributed by atoms with Crippen molar-refractivity contribution < 1.29 is 18.1 Å². The molecule has 0 saturated carbocycles. The average Bonchev–Trinajstić information content (AvgIpc) is 2.37. The predicted octanol–water partition coefficient (Wildman–Crippen LogP) is 2.02. The quantitative estimate of drug-likeness (QED) is 0.347. The second-order valence-electron chi connectivity index (χ2n) is 4.06. The molecule has 0 spiro atoms. The van der Waals surface area contributed by atoms with Crippen LogP contribution in [-0.2, 0) is 10.1 Å². The van der Waals surface area contributed by atoms with Crippen molar-refractivity contribution in [2.75, 3.05) is 5.88 Å². The van der Waals surface area contributed by atoms with Crippen LogP contribution >= 0.6 is 11.6 Å². The molecule has 0 aliphatic rings. The Morgan fingerprint density at radius 1 is 1.30 bits per heavy atom. The van der Waals surface area contributed by atoms with Gasteiger partial charge < -0.3 is 10.8 Å². The first-order valence-corrected chi connectivity index (χ1v) is 7.42. The molecule has 0 aliphatic carbocycles. The lowest BCUT2D eigenvalue weighted by molar-refractivity contribution is 0.471. The fourth-order valence-electron chi connectivity index (χ4n) is 1.72. The molecule has 20 heavy (non-hydrogen) atoms. The number of aromatic hydroxyl groups is 1. The minimum atomic E-state index is -4.40. The van der Waals surface area contributed by atoms with Crippen LogP contribution in [-0.4, -0.2) is 29.8 Å². The summed E-state index contributed by atoms with van der Waals surface area (Å²) in [6.45, 7) is 0. The summed E-state index contributed by atoms with van der Waals surface area (Å²) in [5, 5.41) is 10.6. The second-order valence-corrected chi connectivity index (χ2v) is 5.75. The lowest BCUT2D eigenvalue weighted by Crippen LogP contribution is -2.12. The van der Waals surface area contributed by atoms with Crippen LogP contribution < -0.4 is 5.73 Å². The standard InChI is InChI=1S/C12H11ClN2O4S/c13-6-12(14)15-8-1-2-10-7(3-8)4-9(5-11(10)16)20(17,18)19/h1-5,16H,6H2,(H2,14,15)(H,17,18,19). The SMILES string of the molecule is NC(CCl)=Nc1ccc2c(O)cc(S(=O)(=O)O)cc2c1. The molecule has 8 heteroatoms. The highest BCUT2D eigenvalue weighted by Gasteiger charge is 2.13. The van der Waals surface area contributed by atoms with Crippen molar-refractivity contribution in [1.82, 2.24) is 0 Å². The van der Waals surface area contributed by atoms with Gasteiger partial charge in [-0.15, -0.1) is 11.6 Å². The summed E-state index contributed by atoms with van der Waals surface area (Å²) in [4.78, 5) is 3.62. The number of halogens is 1. The molecule has 0 unspecified atom stereocenters. The Labute approximate surface area is 120 Å². The number of hydrogen-bond acceptors (Lipinski definition) is 4. The predicted molar refractivity (Wildman–Crippen MR) is 77.4 cm³/mol. The largest absolute Gasteiger partial charge is 0.507 e. The lowest BCUT2D eigenvalue weighted by Gasteiger charge is -2.05. The second kappa shape index (κ2) is 5.28. The van der Waals surface area contributed by atoms with Gasteiger partial charge >= 0.3 is 0 Å². The first kappa shape index (κ1) is 14.6. The van der Waals surface area contributed by atoms with E-state index in [1.807, 2.05) is 0 Å². The van der Waals surface area contributed by atoms with E-state index >= 15 is 0 Å². The topological polar surface area (TPSA) is 113 Å². The molecule has 2 aromatic rings. The number of nitrogens with two attached hydrogens (primary N) is 1. The molecular weight excluding hydrogens is 304 g/mol. The van der Waals surface area contributed by atoms with Crippen molar-refractivity contribution in [2.45, 2.75) is 4.90 Å². The smallest absolute Gasteiger partial charge is 0.294 e. The van der Waals surface area contributed by atoms with Crippen molar-refractivity contribution in [1.29, 1.82) is 0 Å². The van der Waals surface area contributed by atoms with Gasteiger partial charge in [-0.1, -0.05) is 0 Å². The Morgan fingerprint density at radius 2 is 2.00 bits per heavy atom. The number of rotatable bonds is 3. The zero-order valence-electron chi connectivity index (χ0n) is 10.1. The summed E-state index contributed by atoms with van der Waals surface area (Å²) >= 11 is 5.52. The molecule has 0 atom stereocenters. The van der Waals surface area contributed by atoms with Crippen LogP contribution in [0.15, 0.2) is 40.2 Å². The minimum Gasteiger partial charge on any atom is -0.507 e. The summed E-state index contributed by atoms with van der Waals surface area (Å²) in [6.07, 6.45) is 0. The Morgan fingerprint density at radius 3 is 2.60 bits per heavy atom. The zero-order valence-corrected chi connectivity index (χ0v) is 11.7. The normalized spacial score (nSPS) is 12.8. The summed E-state index contributed by atoms with van der Waals surface area (Å²) in [5.41, 5.74) is 5.97. The summed E-state index contributed by atoms with van der Waals surface area (Å²) in [7, 11) is -4.40. The molecule has 2 aromatic carbocycles. The molecule has 0 fully saturated rings. The summed E-state index contributed by atoms with van der Waals surface area (Å²) < 4.78 is 31.3. The maximum Gasteiger partial charge on any atom is 0.294 e. The van der Waals surface area contributed by atoms with Gasteiger partial charge in [-0.2, -0.15) is 8.42 Å². The van der Waals surface area contributed by atoms with Gasteiger partial charge in [-0.05, 0) is 29.7 Å². The number of phenolic OH excluding ortho intramolecular Hbond substituents is 1. The molecular formula is C12H11ClN2O4S. The van der Waals surface area contributed by atoms with Gasteiger partial charge in [0.15, 0.2) is 0 Å². The first-order valence-electron chi connectivity index (χ1n) is 5.44. The number of alkyl halides is 1. The molecule has 0 radical (unpaired) electrons. The maximum atomic E-state index is 11.1. The van der Waals surface area contributed by atoms with Gasteiger partial charge in [0.25, 0.3) is 10.1 Å². The molecule has 0 aliphatic heterocycles. The van der Waals surface area contributed by atoms with E-state index in [-0.39, 0.29) is 17.5 Å². The Kier molecular flexibility index (Phi) is 3.85. The molecule has 0 heterocycles. The van der Waals surface area contributed by atoms with E-state index in [0.29, 0.717) is 16.5 Å². The van der Waals surface area contributed by atoms with Gasteiger partial charge in [0, 0.05) is 11.5 Å². The third-order valence-electron chi connectivity index (χ3n) is 2.60. The number of phenols is 1. The third-order valence-corrected chi connectivity index (χ3v) is 3.70. The van der Waals surface area contributed by atoms with Crippen LogP contribution in [0.3, 0.4) is 0 Å². The van der Waals surface area contributed by atoms with Crippen molar-refractivity contribution in [3.63, 3.8) is 0 Å². The molecule has 0 bridgehead atoms. The summed E-state index contributed by atoms with van der Waals surface area (Å²) in [6, 6.07) is 6.92. The Balaban J connectivity index is 2.67. The highest BCUT2D eigenvalue weighted by molar-refractivity contribution is 7.85. The van der Waals surface area contributed by atoms with Crippen LogP contribution in [0.4, 0.5) is 5.69 Å². The van der Waals surface area contributed by atoms with Crippen molar-refractivity contribution in [2.24, 2.45) is 10.7 Å². The van der Waals surface area contributed by atoms with Crippen LogP contribution in [0.25, 0.3) is 10.8 Å². The monoisotopic (exact) mass is 314 g/mol. The van der Waals surface area contributed by atoms with Gasteiger partial charge in [0.2, 0.25) is 0 Å². The Hall–Kier alpha value is -1.83. The van der Waals surface area contributed by atoms with E-state index in [0.717, 1.165) is 6.07 Å². The van der Waals surface area contributed by atoms with Crippen molar-refractivity contribution in [3.8, 4) is 5.75 Å². The van der Waals surface area contributed by atoms with E-state index in [1.54, 1.807) is 12.1 Å². The van der Waals surface area contributed by atoms with E-state index in [9.17, 15) is 13.5 Å². The number of fused-ring (bicyclic) bond motifs is 1. The fraction of sp³-hybridized carbons (Fsp3) is 0.0833. The van der Waals surface area contributed by atoms with E-state index in [1.165, 1.54) is 12.1 Å². The first-order chi connectivity index (χ1) is 9.31. The van der Waals surface area contributed by atoms with Gasteiger partial charge in [0.1, 0.15) is 11.6 Å². The molecule has 0 aromatic heterocycles. The maximum absolute atomic E-state index is 11.1. The van der Waals surface area contributed by atoms with Crippen LogP contribution in [0.5, 0.6) is 5.75 Å². The number of amidine groups is 1. The van der Waals surface area contributed by atoms with Crippen LogP contribution in [0, 0.1) is 0 Å². The molecule has 4 N–H and O–H groups in total. The van der Waals surface area contributed by atoms with Crippen LogP contribution in [0.2, 0.25) is 0 Å². The van der Waals surface area contributed by atoms with Gasteiger partial charge in [0.05, 0.1) is 16.5 Å².